The highest BCUT2D eigenvalue weighted by Gasteiger charge is 2.12. The number of hydrogen-bond acceptors (Lipinski definition) is 3. The summed E-state index contributed by atoms with van der Waals surface area (Å²) in [6, 6.07) is 9.04. The third-order valence-electron chi connectivity index (χ3n) is 2.63. The fourth-order valence-corrected chi connectivity index (χ4v) is 1.82. The molecule has 0 aliphatic rings. The van der Waals surface area contributed by atoms with E-state index in [2.05, 4.69) is 5.16 Å². The summed E-state index contributed by atoms with van der Waals surface area (Å²) in [6.45, 7) is 1.81. The van der Waals surface area contributed by atoms with E-state index in [1.807, 2.05) is 6.92 Å². The van der Waals surface area contributed by atoms with Gasteiger partial charge in [0.15, 0.2) is 17.4 Å². The van der Waals surface area contributed by atoms with Crippen molar-refractivity contribution >= 4 is 17.4 Å². The second-order valence-corrected chi connectivity index (χ2v) is 4.60. The fourth-order valence-electron chi connectivity index (χ4n) is 1.65. The summed E-state index contributed by atoms with van der Waals surface area (Å²) in [5.74, 6) is -0.415. The van der Waals surface area contributed by atoms with Gasteiger partial charge in [-0.05, 0) is 36.8 Å². The molecule has 0 atom stereocenters. The maximum atomic E-state index is 13.7. The van der Waals surface area contributed by atoms with E-state index >= 15 is 0 Å². The van der Waals surface area contributed by atoms with Crippen LogP contribution in [0.3, 0.4) is 0 Å². The number of nitrogens with zero attached hydrogens (tertiary/aromatic N) is 1. The van der Waals surface area contributed by atoms with Crippen molar-refractivity contribution in [2.24, 2.45) is 10.9 Å². The van der Waals surface area contributed by atoms with E-state index in [-0.39, 0.29) is 17.3 Å². The van der Waals surface area contributed by atoms with Crippen molar-refractivity contribution in [2.45, 2.75) is 6.92 Å². The largest absolute Gasteiger partial charge is 0.453 e. The Morgan fingerprint density at radius 2 is 2.00 bits per heavy atom. The number of hydrogen-bond donors (Lipinski definition) is 2. The van der Waals surface area contributed by atoms with E-state index in [1.165, 1.54) is 18.2 Å². The van der Waals surface area contributed by atoms with Crippen LogP contribution in [0.5, 0.6) is 11.5 Å². The standard InChI is InChI=1S/C14H12ClFN2O2/c1-8-2-5-11(16)13(6-8)20-12-7-9(15)3-4-10(12)14(17)18-19/h2-7,19H,1H3,(H2,17,18). The maximum absolute atomic E-state index is 13.7. The molecule has 0 saturated carbocycles. The highest BCUT2D eigenvalue weighted by molar-refractivity contribution is 6.30. The number of halogens is 2. The van der Waals surface area contributed by atoms with Crippen LogP contribution in [0, 0.1) is 12.7 Å². The highest BCUT2D eigenvalue weighted by Crippen LogP contribution is 2.30. The third-order valence-corrected chi connectivity index (χ3v) is 2.87. The maximum Gasteiger partial charge on any atom is 0.173 e. The number of rotatable bonds is 3. The fraction of sp³-hybridized carbons (Fsp3) is 0.0714. The first-order valence-corrected chi connectivity index (χ1v) is 6.10. The van der Waals surface area contributed by atoms with Crippen molar-refractivity contribution in [3.63, 3.8) is 0 Å². The minimum absolute atomic E-state index is 0.0410. The van der Waals surface area contributed by atoms with Gasteiger partial charge in [0.25, 0.3) is 0 Å². The Morgan fingerprint density at radius 3 is 2.70 bits per heavy atom. The number of nitrogens with two attached hydrogens (primary N) is 1. The lowest BCUT2D eigenvalue weighted by molar-refractivity contribution is 0.318. The Kier molecular flexibility index (Phi) is 4.10. The summed E-state index contributed by atoms with van der Waals surface area (Å²) in [7, 11) is 0. The van der Waals surface area contributed by atoms with Gasteiger partial charge in [-0.3, -0.25) is 0 Å². The van der Waals surface area contributed by atoms with E-state index in [4.69, 9.17) is 27.3 Å². The number of ether oxygens (including phenoxy) is 1. The SMILES string of the molecule is Cc1ccc(F)c(Oc2cc(Cl)ccc2C(N)=NO)c1. The molecule has 0 heterocycles. The lowest BCUT2D eigenvalue weighted by atomic mass is 10.2. The van der Waals surface area contributed by atoms with Crippen LogP contribution in [-0.4, -0.2) is 11.0 Å². The molecule has 0 fully saturated rings. The van der Waals surface area contributed by atoms with Gasteiger partial charge < -0.3 is 15.7 Å². The quantitative estimate of drug-likeness (QED) is 0.393. The van der Waals surface area contributed by atoms with Crippen molar-refractivity contribution in [3.8, 4) is 11.5 Å². The summed E-state index contributed by atoms with van der Waals surface area (Å²) in [5, 5.41) is 12.0. The minimum Gasteiger partial charge on any atom is -0.453 e. The zero-order valence-corrected chi connectivity index (χ0v) is 11.4. The Balaban J connectivity index is 2.47. The molecule has 6 heteroatoms. The van der Waals surface area contributed by atoms with Gasteiger partial charge in [-0.1, -0.05) is 22.8 Å². The molecule has 2 aromatic carbocycles. The monoisotopic (exact) mass is 294 g/mol. The van der Waals surface area contributed by atoms with Gasteiger partial charge in [0.1, 0.15) is 5.75 Å². The molecule has 0 spiro atoms. The van der Waals surface area contributed by atoms with Gasteiger partial charge in [-0.2, -0.15) is 0 Å². The predicted molar refractivity (Wildman–Crippen MR) is 75.2 cm³/mol. The van der Waals surface area contributed by atoms with E-state index in [9.17, 15) is 4.39 Å². The van der Waals surface area contributed by atoms with Crippen LogP contribution in [-0.2, 0) is 0 Å². The van der Waals surface area contributed by atoms with E-state index in [0.29, 0.717) is 10.6 Å². The lowest BCUT2D eigenvalue weighted by Gasteiger charge is -2.12. The molecule has 2 aromatic rings. The van der Waals surface area contributed by atoms with Crippen LogP contribution >= 0.6 is 11.6 Å². The Hall–Kier alpha value is -2.27. The second kappa shape index (κ2) is 5.79. The molecule has 0 unspecified atom stereocenters. The van der Waals surface area contributed by atoms with Crippen molar-refractivity contribution in [3.05, 3.63) is 58.4 Å². The molecule has 0 radical (unpaired) electrons. The normalized spacial score (nSPS) is 11.4. The van der Waals surface area contributed by atoms with Crippen molar-refractivity contribution in [2.75, 3.05) is 0 Å². The molecular formula is C14H12ClFN2O2. The molecule has 104 valence electrons. The smallest absolute Gasteiger partial charge is 0.173 e. The molecule has 20 heavy (non-hydrogen) atoms. The predicted octanol–water partition coefficient (Wildman–Crippen LogP) is 3.67. The number of aryl methyl sites for hydroxylation is 1. The van der Waals surface area contributed by atoms with Crippen LogP contribution in [0.15, 0.2) is 41.6 Å². The highest BCUT2D eigenvalue weighted by atomic mass is 35.5. The summed E-state index contributed by atoms with van der Waals surface area (Å²) in [6.07, 6.45) is 0. The first-order chi connectivity index (χ1) is 9.51. The number of benzene rings is 2. The molecule has 3 N–H and O–H groups in total. The van der Waals surface area contributed by atoms with Gasteiger partial charge in [0.05, 0.1) is 5.56 Å². The minimum atomic E-state index is -0.513. The molecule has 0 aromatic heterocycles. The second-order valence-electron chi connectivity index (χ2n) is 4.16. The lowest BCUT2D eigenvalue weighted by Crippen LogP contribution is -2.14. The Labute approximate surface area is 120 Å². The number of oxime groups is 1. The van der Waals surface area contributed by atoms with Crippen molar-refractivity contribution in [1.82, 2.24) is 0 Å². The van der Waals surface area contributed by atoms with E-state index < -0.39 is 5.82 Å². The third kappa shape index (κ3) is 3.00. The van der Waals surface area contributed by atoms with Crippen LogP contribution in [0.25, 0.3) is 0 Å². The molecule has 4 nitrogen and oxygen atoms in total. The van der Waals surface area contributed by atoms with Gasteiger partial charge in [-0.15, -0.1) is 0 Å². The van der Waals surface area contributed by atoms with E-state index in [1.54, 1.807) is 18.2 Å². The first kappa shape index (κ1) is 14.1. The zero-order valence-electron chi connectivity index (χ0n) is 10.6. The van der Waals surface area contributed by atoms with Crippen LogP contribution in [0.4, 0.5) is 4.39 Å². The van der Waals surface area contributed by atoms with Gasteiger partial charge in [-0.25, -0.2) is 4.39 Å². The average molecular weight is 295 g/mol. The molecule has 0 amide bonds. The van der Waals surface area contributed by atoms with Crippen LogP contribution in [0.2, 0.25) is 5.02 Å². The summed E-state index contributed by atoms with van der Waals surface area (Å²) in [4.78, 5) is 0. The topological polar surface area (TPSA) is 67.8 Å². The molecule has 0 bridgehead atoms. The van der Waals surface area contributed by atoms with Crippen LogP contribution in [0.1, 0.15) is 11.1 Å². The van der Waals surface area contributed by atoms with E-state index in [0.717, 1.165) is 5.56 Å². The van der Waals surface area contributed by atoms with Gasteiger partial charge in [0.2, 0.25) is 0 Å². The summed E-state index contributed by atoms with van der Waals surface area (Å²) < 4.78 is 19.2. The van der Waals surface area contributed by atoms with Gasteiger partial charge >= 0.3 is 0 Å². The van der Waals surface area contributed by atoms with Crippen LogP contribution < -0.4 is 10.5 Å². The van der Waals surface area contributed by atoms with Gasteiger partial charge in [0, 0.05) is 11.1 Å². The molecule has 0 saturated heterocycles. The molecule has 2 rings (SSSR count). The summed E-state index contributed by atoms with van der Waals surface area (Å²) in [5.41, 5.74) is 6.71. The zero-order chi connectivity index (χ0) is 14.7. The molecular weight excluding hydrogens is 283 g/mol. The Bertz CT molecular complexity index is 674. The summed E-state index contributed by atoms with van der Waals surface area (Å²) >= 11 is 5.89. The average Bonchev–Trinajstić information content (AvgIpc) is 2.42. The molecule has 0 aliphatic heterocycles. The van der Waals surface area contributed by atoms with Crippen molar-refractivity contribution < 1.29 is 14.3 Å². The molecule has 0 aliphatic carbocycles. The first-order valence-electron chi connectivity index (χ1n) is 5.72. The van der Waals surface area contributed by atoms with Crippen molar-refractivity contribution in [1.29, 1.82) is 0 Å². The Morgan fingerprint density at radius 1 is 1.25 bits per heavy atom. The number of amidine groups is 1.